The fourth-order valence-corrected chi connectivity index (χ4v) is 2.65. The molecule has 3 saturated heterocycles. The number of rotatable bonds is 1. The highest BCUT2D eigenvalue weighted by Gasteiger charge is 2.29. The van der Waals surface area contributed by atoms with E-state index in [-0.39, 0.29) is 0 Å². The Bertz CT molecular complexity index is 386. The summed E-state index contributed by atoms with van der Waals surface area (Å²) >= 11 is 0. The summed E-state index contributed by atoms with van der Waals surface area (Å²) in [6.45, 7) is 5.64. The quantitative estimate of drug-likeness (QED) is 0.701. The average molecular weight is 204 g/mol. The summed E-state index contributed by atoms with van der Waals surface area (Å²) in [5, 5.41) is 3.91. The molecule has 0 radical (unpaired) electrons. The second kappa shape index (κ2) is 3.49. The van der Waals surface area contributed by atoms with Gasteiger partial charge in [-0.05, 0) is 50.4 Å². The molecule has 0 spiro atoms. The molecule has 0 aromatic carbocycles. The molecule has 1 aromatic rings. The lowest BCUT2D eigenvalue weighted by molar-refractivity contribution is 0.163. The lowest BCUT2D eigenvalue weighted by Gasteiger charge is -2.40. The van der Waals surface area contributed by atoms with Crippen molar-refractivity contribution in [1.82, 2.24) is 10.1 Å². The fourth-order valence-electron chi connectivity index (χ4n) is 2.65. The molecule has 3 aliphatic rings. The second-order valence-electron chi connectivity index (χ2n) is 4.64. The van der Waals surface area contributed by atoms with Crippen LogP contribution in [0.3, 0.4) is 0 Å². The van der Waals surface area contributed by atoms with Crippen LogP contribution in [-0.2, 0) is 0 Å². The summed E-state index contributed by atoms with van der Waals surface area (Å²) in [5.41, 5.74) is 2.49. The van der Waals surface area contributed by atoms with Gasteiger partial charge in [-0.15, -0.1) is 0 Å². The molecule has 0 amide bonds. The first-order chi connectivity index (χ1) is 7.31. The van der Waals surface area contributed by atoms with E-state index in [0.29, 0.717) is 0 Å². The fraction of sp³-hybridized carbons (Fsp3) is 0.583. The van der Waals surface area contributed by atoms with Crippen molar-refractivity contribution in [3.8, 4) is 0 Å². The molecule has 0 N–H and O–H groups in total. The van der Waals surface area contributed by atoms with Crippen LogP contribution in [0.15, 0.2) is 16.2 Å². The van der Waals surface area contributed by atoms with E-state index < -0.39 is 0 Å². The molecule has 4 rings (SSSR count). The molecule has 15 heavy (non-hydrogen) atoms. The molecule has 2 bridgehead atoms. The van der Waals surface area contributed by atoms with Crippen molar-refractivity contribution in [3.05, 3.63) is 23.1 Å². The van der Waals surface area contributed by atoms with Gasteiger partial charge in [-0.2, -0.15) is 0 Å². The monoisotopic (exact) mass is 204 g/mol. The number of nitrogens with zero attached hydrogens (tertiary/aromatic N) is 2. The van der Waals surface area contributed by atoms with Crippen LogP contribution in [0.4, 0.5) is 0 Å². The van der Waals surface area contributed by atoms with Crippen LogP contribution in [0, 0.1) is 12.8 Å². The van der Waals surface area contributed by atoms with E-state index in [9.17, 15) is 0 Å². The SMILES string of the molecule is Cc1cc(C=C2CN3CCC2CC3)on1. The van der Waals surface area contributed by atoms with Crippen molar-refractivity contribution in [2.24, 2.45) is 5.92 Å². The van der Waals surface area contributed by atoms with Crippen LogP contribution in [0.25, 0.3) is 6.08 Å². The molecule has 80 valence electrons. The van der Waals surface area contributed by atoms with Gasteiger partial charge in [0, 0.05) is 12.6 Å². The zero-order valence-corrected chi connectivity index (χ0v) is 9.07. The summed E-state index contributed by atoms with van der Waals surface area (Å²) in [6, 6.07) is 2.00. The first-order valence-corrected chi connectivity index (χ1v) is 5.67. The van der Waals surface area contributed by atoms with E-state index in [2.05, 4.69) is 16.1 Å². The minimum atomic E-state index is 0.792. The highest BCUT2D eigenvalue weighted by atomic mass is 16.5. The van der Waals surface area contributed by atoms with Crippen molar-refractivity contribution in [2.75, 3.05) is 19.6 Å². The second-order valence-corrected chi connectivity index (χ2v) is 4.64. The molecule has 0 saturated carbocycles. The first-order valence-electron chi connectivity index (χ1n) is 5.67. The maximum Gasteiger partial charge on any atom is 0.159 e. The largest absolute Gasteiger partial charge is 0.357 e. The Kier molecular flexibility index (Phi) is 2.13. The number of aromatic nitrogens is 1. The molecule has 3 aliphatic heterocycles. The molecule has 3 heteroatoms. The van der Waals surface area contributed by atoms with E-state index in [1.165, 1.54) is 31.5 Å². The lowest BCUT2D eigenvalue weighted by atomic mass is 9.83. The van der Waals surface area contributed by atoms with Gasteiger partial charge in [-0.1, -0.05) is 5.16 Å². The molecule has 1 aromatic heterocycles. The molecule has 4 heterocycles. The molecule has 0 aliphatic carbocycles. The van der Waals surface area contributed by atoms with Gasteiger partial charge in [0.1, 0.15) is 0 Å². The Balaban J connectivity index is 1.85. The van der Waals surface area contributed by atoms with Crippen molar-refractivity contribution in [2.45, 2.75) is 19.8 Å². The average Bonchev–Trinajstić information content (AvgIpc) is 2.66. The van der Waals surface area contributed by atoms with Gasteiger partial charge >= 0.3 is 0 Å². The van der Waals surface area contributed by atoms with Crippen molar-refractivity contribution >= 4 is 6.08 Å². The number of aryl methyl sites for hydroxylation is 1. The summed E-state index contributed by atoms with van der Waals surface area (Å²) in [4.78, 5) is 2.52. The third kappa shape index (κ3) is 1.72. The van der Waals surface area contributed by atoms with Gasteiger partial charge in [-0.3, -0.25) is 4.90 Å². The van der Waals surface area contributed by atoms with Crippen LogP contribution in [0.5, 0.6) is 0 Å². The number of fused-ring (bicyclic) bond motifs is 3. The van der Waals surface area contributed by atoms with E-state index in [1.54, 1.807) is 0 Å². The molecule has 3 nitrogen and oxygen atoms in total. The van der Waals surface area contributed by atoms with Gasteiger partial charge in [0.15, 0.2) is 5.76 Å². The van der Waals surface area contributed by atoms with Crippen molar-refractivity contribution < 1.29 is 4.52 Å². The summed E-state index contributed by atoms with van der Waals surface area (Å²) in [6.07, 6.45) is 4.83. The van der Waals surface area contributed by atoms with Gasteiger partial charge in [-0.25, -0.2) is 0 Å². The molecule has 0 atom stereocenters. The standard InChI is InChI=1S/C12H16N2O/c1-9-6-12(15-13-9)7-11-8-14-4-2-10(11)3-5-14/h6-7,10H,2-5,8H2,1H3. The summed E-state index contributed by atoms with van der Waals surface area (Å²) in [5.74, 6) is 1.71. The Morgan fingerprint density at radius 2 is 2.27 bits per heavy atom. The third-order valence-corrected chi connectivity index (χ3v) is 3.49. The number of piperidine rings is 3. The lowest BCUT2D eigenvalue weighted by Crippen LogP contribution is -2.42. The van der Waals surface area contributed by atoms with Crippen molar-refractivity contribution in [1.29, 1.82) is 0 Å². The number of hydrogen-bond donors (Lipinski definition) is 0. The van der Waals surface area contributed by atoms with E-state index >= 15 is 0 Å². The summed E-state index contributed by atoms with van der Waals surface area (Å²) < 4.78 is 5.23. The minimum Gasteiger partial charge on any atom is -0.357 e. The maximum atomic E-state index is 5.23. The van der Waals surface area contributed by atoms with Gasteiger partial charge in [0.05, 0.1) is 5.69 Å². The third-order valence-electron chi connectivity index (χ3n) is 3.49. The van der Waals surface area contributed by atoms with Gasteiger partial charge < -0.3 is 4.52 Å². The van der Waals surface area contributed by atoms with E-state index in [4.69, 9.17) is 4.52 Å². The molecule has 0 unspecified atom stereocenters. The Labute approximate surface area is 89.7 Å². The van der Waals surface area contributed by atoms with Crippen LogP contribution in [0.2, 0.25) is 0 Å². The Hall–Kier alpha value is -1.09. The molecular weight excluding hydrogens is 188 g/mol. The van der Waals surface area contributed by atoms with Crippen LogP contribution in [0.1, 0.15) is 24.3 Å². The van der Waals surface area contributed by atoms with E-state index in [1.807, 2.05) is 13.0 Å². The van der Waals surface area contributed by atoms with Crippen LogP contribution < -0.4 is 0 Å². The minimum absolute atomic E-state index is 0.792. The van der Waals surface area contributed by atoms with E-state index in [0.717, 1.165) is 23.9 Å². The smallest absolute Gasteiger partial charge is 0.159 e. The number of hydrogen-bond acceptors (Lipinski definition) is 3. The highest BCUT2D eigenvalue weighted by molar-refractivity contribution is 5.49. The summed E-state index contributed by atoms with van der Waals surface area (Å²) in [7, 11) is 0. The topological polar surface area (TPSA) is 29.3 Å². The van der Waals surface area contributed by atoms with Crippen molar-refractivity contribution in [3.63, 3.8) is 0 Å². The zero-order valence-electron chi connectivity index (χ0n) is 9.07. The first kappa shape index (κ1) is 9.16. The van der Waals surface area contributed by atoms with Crippen LogP contribution in [-0.4, -0.2) is 29.7 Å². The normalized spacial score (nSPS) is 32.5. The Morgan fingerprint density at radius 1 is 1.47 bits per heavy atom. The highest BCUT2D eigenvalue weighted by Crippen LogP contribution is 2.32. The zero-order chi connectivity index (χ0) is 10.3. The molecular formula is C12H16N2O. The van der Waals surface area contributed by atoms with Crippen LogP contribution >= 0.6 is 0 Å². The Morgan fingerprint density at radius 3 is 2.80 bits per heavy atom. The van der Waals surface area contributed by atoms with Gasteiger partial charge in [0.2, 0.25) is 0 Å². The molecule has 3 fully saturated rings. The maximum absolute atomic E-state index is 5.23. The predicted octanol–water partition coefficient (Wildman–Crippen LogP) is 2.09. The predicted molar refractivity (Wildman–Crippen MR) is 58.4 cm³/mol. The van der Waals surface area contributed by atoms with Gasteiger partial charge in [0.25, 0.3) is 0 Å².